The van der Waals surface area contributed by atoms with Crippen LogP contribution in [0.3, 0.4) is 0 Å². The number of pyridine rings is 2. The van der Waals surface area contributed by atoms with Crippen molar-refractivity contribution >= 4 is 11.9 Å². The Bertz CT molecular complexity index is 986. The quantitative estimate of drug-likeness (QED) is 0.534. The maximum Gasteiger partial charge on any atom is 0.490 e. The molecular weight excluding hydrogens is 528 g/mol. The average molecular weight is 553 g/mol. The number of rotatable bonds is 5. The van der Waals surface area contributed by atoms with Crippen molar-refractivity contribution in [2.24, 2.45) is 0 Å². The molecule has 1 aliphatic carbocycles. The van der Waals surface area contributed by atoms with E-state index in [0.717, 1.165) is 38.1 Å². The molecule has 3 atom stereocenters. The number of carboxylic acids is 2. The van der Waals surface area contributed by atoms with Crippen molar-refractivity contribution in [2.75, 3.05) is 13.2 Å². The first-order valence-electron chi connectivity index (χ1n) is 11.1. The van der Waals surface area contributed by atoms with E-state index in [1.165, 1.54) is 5.56 Å². The zero-order valence-electron chi connectivity index (χ0n) is 19.7. The van der Waals surface area contributed by atoms with Gasteiger partial charge in [0.2, 0.25) is 0 Å². The third-order valence-corrected chi connectivity index (χ3v) is 5.43. The SMILES string of the molecule is O=C(O)C(F)(F)F.O=C(O)C(F)(F)F.c1cncc(CO[C@@H]2CC[C@H]3[C@H]2OCCN3Cc2cccnc2)c1. The van der Waals surface area contributed by atoms with Gasteiger partial charge in [0.25, 0.3) is 0 Å². The maximum atomic E-state index is 10.6. The molecule has 38 heavy (non-hydrogen) atoms. The minimum absolute atomic E-state index is 0.173. The highest BCUT2D eigenvalue weighted by Crippen LogP contribution is 2.33. The lowest BCUT2D eigenvalue weighted by atomic mass is 10.1. The lowest BCUT2D eigenvalue weighted by Gasteiger charge is -2.39. The van der Waals surface area contributed by atoms with Crippen molar-refractivity contribution in [1.82, 2.24) is 14.9 Å². The minimum atomic E-state index is -5.08. The number of carbonyl (C=O) groups is 2. The number of alkyl halides is 6. The molecular formula is C23H25F6N3O6. The molecule has 210 valence electrons. The molecule has 0 unspecified atom stereocenters. The number of ether oxygens (including phenoxy) is 2. The normalized spacial score (nSPS) is 21.3. The lowest BCUT2D eigenvalue weighted by Crippen LogP contribution is -2.51. The van der Waals surface area contributed by atoms with Crippen LogP contribution in [0.1, 0.15) is 24.0 Å². The number of hydrogen-bond acceptors (Lipinski definition) is 7. The molecule has 1 aliphatic heterocycles. The maximum absolute atomic E-state index is 10.6. The highest BCUT2D eigenvalue weighted by atomic mass is 19.4. The Labute approximate surface area is 213 Å². The molecule has 1 saturated heterocycles. The number of halogens is 6. The summed E-state index contributed by atoms with van der Waals surface area (Å²) in [6.07, 6.45) is -0.210. The van der Waals surface area contributed by atoms with Crippen LogP contribution in [-0.2, 0) is 32.2 Å². The molecule has 0 spiro atoms. The molecule has 3 heterocycles. The van der Waals surface area contributed by atoms with Crippen molar-refractivity contribution in [3.8, 4) is 0 Å². The van der Waals surface area contributed by atoms with Crippen molar-refractivity contribution in [3.63, 3.8) is 0 Å². The van der Waals surface area contributed by atoms with Gasteiger partial charge in [-0.2, -0.15) is 26.3 Å². The zero-order valence-corrected chi connectivity index (χ0v) is 19.7. The molecule has 2 aromatic heterocycles. The van der Waals surface area contributed by atoms with Gasteiger partial charge in [-0.05, 0) is 36.1 Å². The van der Waals surface area contributed by atoms with Crippen LogP contribution in [0.15, 0.2) is 49.1 Å². The second kappa shape index (κ2) is 14.0. The Morgan fingerprint density at radius 3 is 1.95 bits per heavy atom. The van der Waals surface area contributed by atoms with Gasteiger partial charge in [0.15, 0.2) is 0 Å². The number of morpholine rings is 1. The van der Waals surface area contributed by atoms with Crippen LogP contribution < -0.4 is 0 Å². The van der Waals surface area contributed by atoms with Gasteiger partial charge >= 0.3 is 24.3 Å². The Balaban J connectivity index is 0.000000301. The fourth-order valence-electron chi connectivity index (χ4n) is 3.78. The Kier molecular flexibility index (Phi) is 11.4. The monoisotopic (exact) mass is 553 g/mol. The van der Waals surface area contributed by atoms with Crippen molar-refractivity contribution in [1.29, 1.82) is 0 Å². The van der Waals surface area contributed by atoms with E-state index in [9.17, 15) is 26.3 Å². The van der Waals surface area contributed by atoms with Gasteiger partial charge < -0.3 is 19.7 Å². The van der Waals surface area contributed by atoms with Crippen LogP contribution in [-0.4, -0.2) is 80.8 Å². The molecule has 9 nitrogen and oxygen atoms in total. The number of carboxylic acid groups (broad SMARTS) is 2. The molecule has 0 radical (unpaired) electrons. The third-order valence-electron chi connectivity index (χ3n) is 5.43. The van der Waals surface area contributed by atoms with Crippen molar-refractivity contribution in [2.45, 2.75) is 56.6 Å². The van der Waals surface area contributed by atoms with Crippen LogP contribution in [0.25, 0.3) is 0 Å². The molecule has 15 heteroatoms. The van der Waals surface area contributed by atoms with Crippen LogP contribution >= 0.6 is 0 Å². The molecule has 1 saturated carbocycles. The molecule has 4 rings (SSSR count). The molecule has 2 aliphatic rings. The van der Waals surface area contributed by atoms with E-state index in [1.54, 1.807) is 6.20 Å². The molecule has 0 amide bonds. The van der Waals surface area contributed by atoms with Crippen molar-refractivity contribution < 1.29 is 55.6 Å². The molecule has 0 aromatic carbocycles. The van der Waals surface area contributed by atoms with E-state index in [4.69, 9.17) is 29.3 Å². The lowest BCUT2D eigenvalue weighted by molar-refractivity contribution is -0.193. The standard InChI is InChI=1S/C19H23N3O2.2C2HF3O2/c1-3-15(11-20-7-1)13-22-9-10-23-19-17(22)5-6-18(19)24-14-16-4-2-8-21-12-16;2*3-2(4,5)1(6)7/h1-4,7-8,11-12,17-19H,5-6,9-10,13-14H2;2*(H,6,7)/t17-,18+,19+;;/m0../s1. The first kappa shape index (κ1) is 30.9. The number of aromatic nitrogens is 2. The van der Waals surface area contributed by atoms with Gasteiger partial charge in [-0.25, -0.2) is 9.59 Å². The fourth-order valence-corrected chi connectivity index (χ4v) is 3.78. The van der Waals surface area contributed by atoms with E-state index in [0.29, 0.717) is 12.6 Å². The summed E-state index contributed by atoms with van der Waals surface area (Å²) in [5.74, 6) is -5.51. The van der Waals surface area contributed by atoms with Crippen LogP contribution in [0.4, 0.5) is 26.3 Å². The fraction of sp³-hybridized carbons (Fsp3) is 0.478. The number of fused-ring (bicyclic) bond motifs is 1. The average Bonchev–Trinajstić information content (AvgIpc) is 3.28. The van der Waals surface area contributed by atoms with Crippen LogP contribution in [0.5, 0.6) is 0 Å². The van der Waals surface area contributed by atoms with E-state index >= 15 is 0 Å². The molecule has 2 fully saturated rings. The first-order chi connectivity index (χ1) is 17.8. The van der Waals surface area contributed by atoms with E-state index in [1.807, 2.05) is 30.7 Å². The van der Waals surface area contributed by atoms with Crippen LogP contribution in [0.2, 0.25) is 0 Å². The van der Waals surface area contributed by atoms with Gasteiger partial charge in [0.05, 0.1) is 25.4 Å². The molecule has 2 N–H and O–H groups in total. The van der Waals surface area contributed by atoms with E-state index < -0.39 is 24.3 Å². The topological polar surface area (TPSA) is 122 Å². The summed E-state index contributed by atoms with van der Waals surface area (Å²) in [5, 5.41) is 14.2. The van der Waals surface area contributed by atoms with Gasteiger partial charge in [-0.1, -0.05) is 12.1 Å². The summed E-state index contributed by atoms with van der Waals surface area (Å²) in [7, 11) is 0. The number of hydrogen-bond donors (Lipinski definition) is 2. The summed E-state index contributed by atoms with van der Waals surface area (Å²) in [6.45, 7) is 3.29. The minimum Gasteiger partial charge on any atom is -0.475 e. The number of nitrogens with zero attached hydrogens (tertiary/aromatic N) is 3. The van der Waals surface area contributed by atoms with Crippen LogP contribution in [0, 0.1) is 0 Å². The third kappa shape index (κ3) is 10.2. The van der Waals surface area contributed by atoms with E-state index in [-0.39, 0.29) is 12.2 Å². The molecule has 2 aromatic rings. The largest absolute Gasteiger partial charge is 0.490 e. The Hall–Kier alpha value is -3.30. The van der Waals surface area contributed by atoms with Crippen molar-refractivity contribution in [3.05, 3.63) is 60.2 Å². The van der Waals surface area contributed by atoms with Gasteiger partial charge in [0, 0.05) is 43.9 Å². The Morgan fingerprint density at radius 2 is 1.47 bits per heavy atom. The summed E-state index contributed by atoms with van der Waals surface area (Å²) in [6, 6.07) is 8.58. The predicted molar refractivity (Wildman–Crippen MR) is 118 cm³/mol. The second-order valence-electron chi connectivity index (χ2n) is 8.13. The van der Waals surface area contributed by atoms with Gasteiger partial charge in [0.1, 0.15) is 0 Å². The molecule has 0 bridgehead atoms. The summed E-state index contributed by atoms with van der Waals surface area (Å²) in [5.41, 5.74) is 2.38. The Morgan fingerprint density at radius 1 is 0.947 bits per heavy atom. The highest BCUT2D eigenvalue weighted by molar-refractivity contribution is 5.73. The van der Waals surface area contributed by atoms with Gasteiger partial charge in [-0.15, -0.1) is 0 Å². The predicted octanol–water partition coefficient (Wildman–Crippen LogP) is 3.69. The summed E-state index contributed by atoms with van der Waals surface area (Å²) >= 11 is 0. The first-order valence-corrected chi connectivity index (χ1v) is 11.1. The van der Waals surface area contributed by atoms with E-state index in [2.05, 4.69) is 27.0 Å². The highest BCUT2D eigenvalue weighted by Gasteiger charge is 2.43. The second-order valence-corrected chi connectivity index (χ2v) is 8.13. The summed E-state index contributed by atoms with van der Waals surface area (Å²) < 4.78 is 75.7. The summed E-state index contributed by atoms with van der Waals surface area (Å²) in [4.78, 5) is 28.7. The smallest absolute Gasteiger partial charge is 0.475 e. The number of aliphatic carboxylic acids is 2. The van der Waals surface area contributed by atoms with Gasteiger partial charge in [-0.3, -0.25) is 14.9 Å². The zero-order chi connectivity index (χ0) is 28.3.